The summed E-state index contributed by atoms with van der Waals surface area (Å²) in [5.74, 6) is -0.153. The fourth-order valence-corrected chi connectivity index (χ4v) is 3.10. The zero-order valence-electron chi connectivity index (χ0n) is 12.6. The molecule has 0 unspecified atom stereocenters. The van der Waals surface area contributed by atoms with Crippen LogP contribution >= 0.6 is 12.2 Å². The first-order chi connectivity index (χ1) is 9.98. The van der Waals surface area contributed by atoms with Crippen LogP contribution in [0.4, 0.5) is 0 Å². The minimum Gasteiger partial charge on any atom is -0.391 e. The van der Waals surface area contributed by atoms with Gasteiger partial charge in [-0.25, -0.2) is 0 Å². The summed E-state index contributed by atoms with van der Waals surface area (Å²) in [5, 5.41) is 11.2. The molecule has 21 heavy (non-hydrogen) atoms. The Balaban J connectivity index is 2.27. The molecule has 1 saturated carbocycles. The maximum Gasteiger partial charge on any atom is 0.254 e. The van der Waals surface area contributed by atoms with E-state index in [4.69, 9.17) is 18.0 Å². The van der Waals surface area contributed by atoms with Crippen LogP contribution in [0, 0.1) is 6.92 Å². The number of carbonyl (C=O) groups excluding carboxylic acids is 1. The molecule has 1 aromatic heterocycles. The van der Waals surface area contributed by atoms with Crippen LogP contribution in [0.1, 0.15) is 60.8 Å². The highest BCUT2D eigenvalue weighted by Gasteiger charge is 2.37. The molecule has 5 nitrogen and oxygen atoms in total. The van der Waals surface area contributed by atoms with E-state index in [1.807, 2.05) is 13.8 Å². The molecule has 114 valence electrons. The van der Waals surface area contributed by atoms with Gasteiger partial charge in [-0.15, -0.1) is 0 Å². The third kappa shape index (κ3) is 3.37. The second-order valence-corrected chi connectivity index (χ2v) is 6.10. The quantitative estimate of drug-likeness (QED) is 0.832. The molecular formula is C15H22N4OS. The first-order valence-electron chi connectivity index (χ1n) is 7.44. The molecular weight excluding hydrogens is 284 g/mol. The molecule has 1 fully saturated rings. The number of thiocarbonyl (C=S) groups is 1. The van der Waals surface area contributed by atoms with E-state index in [1.165, 1.54) is 0 Å². The third-order valence-electron chi connectivity index (χ3n) is 4.10. The Morgan fingerprint density at radius 1 is 1.38 bits per heavy atom. The number of hydrogen-bond acceptors (Lipinski definition) is 4. The predicted octanol–water partition coefficient (Wildman–Crippen LogP) is 2.07. The SMILES string of the molecule is CCc1nnc(C)cc1C(=O)NC1(C(N)=S)CCCCC1. The molecule has 2 rings (SSSR count). The van der Waals surface area contributed by atoms with Gasteiger partial charge in [0.25, 0.3) is 5.91 Å². The lowest BCUT2D eigenvalue weighted by Crippen LogP contribution is -2.57. The van der Waals surface area contributed by atoms with Gasteiger partial charge in [-0.1, -0.05) is 38.4 Å². The van der Waals surface area contributed by atoms with Crippen LogP contribution < -0.4 is 11.1 Å². The van der Waals surface area contributed by atoms with E-state index in [0.717, 1.165) is 37.8 Å². The van der Waals surface area contributed by atoms with Crippen molar-refractivity contribution in [2.45, 2.75) is 57.9 Å². The van der Waals surface area contributed by atoms with E-state index >= 15 is 0 Å². The highest BCUT2D eigenvalue weighted by molar-refractivity contribution is 7.80. The van der Waals surface area contributed by atoms with Gasteiger partial charge >= 0.3 is 0 Å². The van der Waals surface area contributed by atoms with Gasteiger partial charge in [-0.3, -0.25) is 4.79 Å². The molecule has 1 aliphatic rings. The summed E-state index contributed by atoms with van der Waals surface area (Å²) in [6.07, 6.45) is 5.52. The lowest BCUT2D eigenvalue weighted by atomic mass is 9.81. The summed E-state index contributed by atoms with van der Waals surface area (Å²) in [6, 6.07) is 1.78. The Labute approximate surface area is 130 Å². The molecule has 1 aromatic rings. The standard InChI is InChI=1S/C15H22N4OS/c1-3-12-11(9-10(2)18-19-12)13(20)17-15(14(16)21)7-5-4-6-8-15/h9H,3-8H2,1-2H3,(H2,16,21)(H,17,20). The van der Waals surface area contributed by atoms with Gasteiger partial charge < -0.3 is 11.1 Å². The number of carbonyl (C=O) groups is 1. The monoisotopic (exact) mass is 306 g/mol. The second kappa shape index (κ2) is 6.47. The summed E-state index contributed by atoms with van der Waals surface area (Å²) in [4.78, 5) is 13.0. The number of amides is 1. The van der Waals surface area contributed by atoms with Gasteiger partial charge in [0, 0.05) is 0 Å². The Bertz CT molecular complexity index is 553. The van der Waals surface area contributed by atoms with Crippen LogP contribution in [-0.2, 0) is 6.42 Å². The molecule has 0 aromatic carbocycles. The van der Waals surface area contributed by atoms with Crippen LogP contribution in [0.2, 0.25) is 0 Å². The molecule has 0 spiro atoms. The topological polar surface area (TPSA) is 80.9 Å². The molecule has 0 bridgehead atoms. The van der Waals surface area contributed by atoms with E-state index in [9.17, 15) is 4.79 Å². The van der Waals surface area contributed by atoms with Crippen LogP contribution in [0.15, 0.2) is 6.07 Å². The Morgan fingerprint density at radius 3 is 2.62 bits per heavy atom. The Kier molecular flexibility index (Phi) is 4.88. The van der Waals surface area contributed by atoms with Crippen molar-refractivity contribution in [3.8, 4) is 0 Å². The number of aromatic nitrogens is 2. The van der Waals surface area contributed by atoms with Crippen LogP contribution in [0.5, 0.6) is 0 Å². The minimum absolute atomic E-state index is 0.153. The molecule has 0 aliphatic heterocycles. The van der Waals surface area contributed by atoms with Gasteiger partial charge in [0.2, 0.25) is 0 Å². The van der Waals surface area contributed by atoms with Crippen LogP contribution in [0.25, 0.3) is 0 Å². The number of aryl methyl sites for hydroxylation is 2. The van der Waals surface area contributed by atoms with E-state index in [2.05, 4.69) is 15.5 Å². The second-order valence-electron chi connectivity index (χ2n) is 5.66. The fourth-order valence-electron chi connectivity index (χ4n) is 2.84. The van der Waals surface area contributed by atoms with E-state index < -0.39 is 5.54 Å². The van der Waals surface area contributed by atoms with Crippen molar-refractivity contribution in [1.29, 1.82) is 0 Å². The van der Waals surface area contributed by atoms with Gasteiger partial charge in [0.05, 0.1) is 27.5 Å². The summed E-state index contributed by atoms with van der Waals surface area (Å²) in [5.41, 5.74) is 7.37. The van der Waals surface area contributed by atoms with Gasteiger partial charge in [0.1, 0.15) is 0 Å². The molecule has 1 heterocycles. The number of nitrogens with two attached hydrogens (primary N) is 1. The summed E-state index contributed by atoms with van der Waals surface area (Å²) < 4.78 is 0. The Morgan fingerprint density at radius 2 is 2.05 bits per heavy atom. The normalized spacial score (nSPS) is 17.2. The van der Waals surface area contributed by atoms with Gasteiger partial charge in [0.15, 0.2) is 0 Å². The average Bonchev–Trinajstić information content (AvgIpc) is 2.48. The predicted molar refractivity (Wildman–Crippen MR) is 86.2 cm³/mol. The third-order valence-corrected chi connectivity index (χ3v) is 4.49. The zero-order valence-corrected chi connectivity index (χ0v) is 13.4. The molecule has 6 heteroatoms. The Hall–Kier alpha value is -1.56. The van der Waals surface area contributed by atoms with Crippen molar-refractivity contribution in [2.75, 3.05) is 0 Å². The largest absolute Gasteiger partial charge is 0.391 e. The van der Waals surface area contributed by atoms with Crippen molar-refractivity contribution in [3.63, 3.8) is 0 Å². The summed E-state index contributed by atoms with van der Waals surface area (Å²) in [7, 11) is 0. The molecule has 1 amide bonds. The van der Waals surface area contributed by atoms with Crippen LogP contribution in [0.3, 0.4) is 0 Å². The summed E-state index contributed by atoms with van der Waals surface area (Å²) in [6.45, 7) is 3.78. The number of nitrogens with one attached hydrogen (secondary N) is 1. The first-order valence-corrected chi connectivity index (χ1v) is 7.85. The lowest BCUT2D eigenvalue weighted by molar-refractivity contribution is 0.0906. The van der Waals surface area contributed by atoms with Gasteiger partial charge in [-0.2, -0.15) is 10.2 Å². The van der Waals surface area contributed by atoms with Crippen molar-refractivity contribution >= 4 is 23.1 Å². The summed E-state index contributed by atoms with van der Waals surface area (Å²) >= 11 is 5.22. The smallest absolute Gasteiger partial charge is 0.254 e. The van der Waals surface area contributed by atoms with Crippen molar-refractivity contribution in [1.82, 2.24) is 15.5 Å². The highest BCUT2D eigenvalue weighted by atomic mass is 32.1. The number of rotatable bonds is 4. The highest BCUT2D eigenvalue weighted by Crippen LogP contribution is 2.29. The molecule has 1 aliphatic carbocycles. The maximum atomic E-state index is 12.7. The maximum absolute atomic E-state index is 12.7. The van der Waals surface area contributed by atoms with Crippen LogP contribution in [-0.4, -0.2) is 26.6 Å². The minimum atomic E-state index is -0.549. The number of hydrogen-bond donors (Lipinski definition) is 2. The van der Waals surface area contributed by atoms with E-state index in [-0.39, 0.29) is 5.91 Å². The average molecular weight is 306 g/mol. The number of nitrogens with zero attached hydrogens (tertiary/aromatic N) is 2. The molecule has 0 atom stereocenters. The fraction of sp³-hybridized carbons (Fsp3) is 0.600. The van der Waals surface area contributed by atoms with Crippen molar-refractivity contribution in [2.24, 2.45) is 5.73 Å². The lowest BCUT2D eigenvalue weighted by Gasteiger charge is -2.37. The molecule has 3 N–H and O–H groups in total. The van der Waals surface area contributed by atoms with Crippen molar-refractivity contribution < 1.29 is 4.79 Å². The first kappa shape index (κ1) is 15.8. The molecule has 0 radical (unpaired) electrons. The van der Waals surface area contributed by atoms with E-state index in [1.54, 1.807) is 6.07 Å². The zero-order chi connectivity index (χ0) is 15.5. The van der Waals surface area contributed by atoms with Gasteiger partial charge in [-0.05, 0) is 32.3 Å². The van der Waals surface area contributed by atoms with Crippen molar-refractivity contribution in [3.05, 3.63) is 23.0 Å². The van der Waals surface area contributed by atoms with E-state index in [0.29, 0.717) is 22.7 Å². The molecule has 0 saturated heterocycles.